The van der Waals surface area contributed by atoms with Crippen LogP contribution in [0, 0.1) is 17.6 Å². The summed E-state index contributed by atoms with van der Waals surface area (Å²) in [7, 11) is 0. The van der Waals surface area contributed by atoms with Crippen molar-refractivity contribution in [1.29, 1.82) is 0 Å². The van der Waals surface area contributed by atoms with Crippen LogP contribution in [0.4, 0.5) is 8.78 Å². The van der Waals surface area contributed by atoms with Gasteiger partial charge in [-0.3, -0.25) is 0 Å². The second-order valence-electron chi connectivity index (χ2n) is 5.83. The molecule has 0 amide bonds. The molecule has 0 aliphatic heterocycles. The van der Waals surface area contributed by atoms with Gasteiger partial charge in [0, 0.05) is 17.6 Å². The Bertz CT molecular complexity index is 399. The van der Waals surface area contributed by atoms with E-state index in [-0.39, 0.29) is 11.6 Å². The highest BCUT2D eigenvalue weighted by molar-refractivity contribution is 5.22. The molecule has 0 bridgehead atoms. The van der Waals surface area contributed by atoms with Crippen molar-refractivity contribution in [3.63, 3.8) is 0 Å². The number of rotatable bonds is 3. The topological polar surface area (TPSA) is 12.0 Å². The molecule has 1 saturated carbocycles. The van der Waals surface area contributed by atoms with Gasteiger partial charge in [0.2, 0.25) is 0 Å². The van der Waals surface area contributed by atoms with Gasteiger partial charge in [-0.25, -0.2) is 8.78 Å². The molecule has 2 rings (SSSR count). The summed E-state index contributed by atoms with van der Waals surface area (Å²) in [5.74, 6) is -0.142. The van der Waals surface area contributed by atoms with E-state index in [1.165, 1.54) is 37.5 Å². The highest BCUT2D eigenvalue weighted by Crippen LogP contribution is 2.26. The zero-order valence-electron chi connectivity index (χ0n) is 11.8. The minimum Gasteiger partial charge on any atom is -0.307 e. The number of benzene rings is 1. The molecule has 1 aromatic rings. The lowest BCUT2D eigenvalue weighted by molar-refractivity contribution is 0.391. The summed E-state index contributed by atoms with van der Waals surface area (Å²) in [6.07, 6.45) is 5.86. The maximum absolute atomic E-state index is 13.7. The van der Waals surface area contributed by atoms with Gasteiger partial charge in [0.25, 0.3) is 0 Å². The monoisotopic (exact) mass is 267 g/mol. The fraction of sp³-hybridized carbons (Fsp3) is 0.625. The standard InChI is InChI=1S/C16H23F2N/c1-11-5-3-6-13(10-9-11)19-12(2)16-14(17)7-4-8-15(16)18/h4,7-8,11-13,19H,3,5-6,9-10H2,1-2H3. The predicted molar refractivity (Wildman–Crippen MR) is 73.9 cm³/mol. The van der Waals surface area contributed by atoms with Crippen molar-refractivity contribution in [1.82, 2.24) is 5.32 Å². The Labute approximate surface area is 114 Å². The summed E-state index contributed by atoms with van der Waals surface area (Å²) in [5.41, 5.74) is 0.166. The SMILES string of the molecule is CC1CCCC(NC(C)c2c(F)cccc2F)CC1. The van der Waals surface area contributed by atoms with E-state index >= 15 is 0 Å². The average Bonchev–Trinajstić information content (AvgIpc) is 2.54. The van der Waals surface area contributed by atoms with Crippen molar-refractivity contribution in [3.05, 3.63) is 35.4 Å². The Hall–Kier alpha value is -0.960. The highest BCUT2D eigenvalue weighted by atomic mass is 19.1. The number of hydrogen-bond donors (Lipinski definition) is 1. The molecule has 1 nitrogen and oxygen atoms in total. The van der Waals surface area contributed by atoms with Crippen LogP contribution in [0.1, 0.15) is 57.6 Å². The molecule has 1 N–H and O–H groups in total. The first-order chi connectivity index (χ1) is 9.08. The molecule has 3 atom stereocenters. The minimum atomic E-state index is -0.456. The van der Waals surface area contributed by atoms with Crippen molar-refractivity contribution in [2.24, 2.45) is 5.92 Å². The van der Waals surface area contributed by atoms with E-state index < -0.39 is 11.6 Å². The van der Waals surface area contributed by atoms with Gasteiger partial charge in [0.1, 0.15) is 11.6 Å². The molecule has 3 heteroatoms. The van der Waals surface area contributed by atoms with E-state index in [4.69, 9.17) is 0 Å². The van der Waals surface area contributed by atoms with Crippen LogP contribution < -0.4 is 5.32 Å². The summed E-state index contributed by atoms with van der Waals surface area (Å²) < 4.78 is 27.4. The fourth-order valence-electron chi connectivity index (χ4n) is 3.02. The molecule has 0 heterocycles. The molecule has 1 aliphatic rings. The van der Waals surface area contributed by atoms with Gasteiger partial charge in [-0.1, -0.05) is 25.8 Å². The smallest absolute Gasteiger partial charge is 0.130 e. The largest absolute Gasteiger partial charge is 0.307 e. The molecule has 3 unspecified atom stereocenters. The second-order valence-corrected chi connectivity index (χ2v) is 5.83. The average molecular weight is 267 g/mol. The van der Waals surface area contributed by atoms with E-state index in [0.29, 0.717) is 6.04 Å². The lowest BCUT2D eigenvalue weighted by atomic mass is 10.0. The van der Waals surface area contributed by atoms with E-state index in [1.54, 1.807) is 0 Å². The summed E-state index contributed by atoms with van der Waals surface area (Å²) in [5, 5.41) is 3.40. The van der Waals surface area contributed by atoms with Crippen molar-refractivity contribution in [3.8, 4) is 0 Å². The van der Waals surface area contributed by atoms with Crippen LogP contribution in [0.5, 0.6) is 0 Å². The molecule has 1 aliphatic carbocycles. The lowest BCUT2D eigenvalue weighted by Gasteiger charge is -2.23. The third kappa shape index (κ3) is 3.75. The van der Waals surface area contributed by atoms with Gasteiger partial charge in [-0.15, -0.1) is 0 Å². The van der Waals surface area contributed by atoms with Crippen molar-refractivity contribution < 1.29 is 8.78 Å². The minimum absolute atomic E-state index is 0.166. The normalized spacial score (nSPS) is 25.9. The maximum atomic E-state index is 13.7. The van der Waals surface area contributed by atoms with Crippen LogP contribution in [-0.2, 0) is 0 Å². The van der Waals surface area contributed by atoms with Crippen LogP contribution in [0.2, 0.25) is 0 Å². The van der Waals surface area contributed by atoms with Crippen LogP contribution in [0.3, 0.4) is 0 Å². The Morgan fingerprint density at radius 2 is 1.79 bits per heavy atom. The summed E-state index contributed by atoms with van der Waals surface area (Å²) in [6, 6.07) is 4.16. The van der Waals surface area contributed by atoms with E-state index in [1.807, 2.05) is 6.92 Å². The summed E-state index contributed by atoms with van der Waals surface area (Å²) in [4.78, 5) is 0. The molecular formula is C16H23F2N. The first kappa shape index (κ1) is 14.4. The second kappa shape index (κ2) is 6.47. The molecular weight excluding hydrogens is 244 g/mol. The van der Waals surface area contributed by atoms with Crippen molar-refractivity contribution in [2.45, 2.75) is 58.0 Å². The number of nitrogens with one attached hydrogen (secondary N) is 1. The van der Waals surface area contributed by atoms with Gasteiger partial charge < -0.3 is 5.32 Å². The molecule has 1 aromatic carbocycles. The van der Waals surface area contributed by atoms with Gasteiger partial charge in [-0.05, 0) is 44.2 Å². The molecule has 1 fully saturated rings. The molecule has 0 aromatic heterocycles. The number of halogens is 2. The van der Waals surface area contributed by atoms with E-state index in [0.717, 1.165) is 18.8 Å². The molecule has 0 radical (unpaired) electrons. The quantitative estimate of drug-likeness (QED) is 0.790. The lowest BCUT2D eigenvalue weighted by Crippen LogP contribution is -2.32. The first-order valence-electron chi connectivity index (χ1n) is 7.28. The third-order valence-corrected chi connectivity index (χ3v) is 4.18. The van der Waals surface area contributed by atoms with Crippen molar-refractivity contribution in [2.75, 3.05) is 0 Å². The first-order valence-corrected chi connectivity index (χ1v) is 7.28. The maximum Gasteiger partial charge on any atom is 0.130 e. The Balaban J connectivity index is 2.02. The van der Waals surface area contributed by atoms with Gasteiger partial charge in [0.05, 0.1) is 0 Å². The Kier molecular flexibility index (Phi) is 4.92. The van der Waals surface area contributed by atoms with Crippen LogP contribution in [-0.4, -0.2) is 6.04 Å². The summed E-state index contributed by atoms with van der Waals surface area (Å²) >= 11 is 0. The number of hydrogen-bond acceptors (Lipinski definition) is 1. The zero-order chi connectivity index (χ0) is 13.8. The van der Waals surface area contributed by atoms with E-state index in [9.17, 15) is 8.78 Å². The molecule has 19 heavy (non-hydrogen) atoms. The molecule has 0 saturated heterocycles. The highest BCUT2D eigenvalue weighted by Gasteiger charge is 2.21. The fourth-order valence-corrected chi connectivity index (χ4v) is 3.02. The Morgan fingerprint density at radius 1 is 1.11 bits per heavy atom. The zero-order valence-corrected chi connectivity index (χ0v) is 11.8. The van der Waals surface area contributed by atoms with E-state index in [2.05, 4.69) is 12.2 Å². The Morgan fingerprint density at radius 3 is 2.47 bits per heavy atom. The predicted octanol–water partition coefficient (Wildman–Crippen LogP) is 4.58. The van der Waals surface area contributed by atoms with Crippen molar-refractivity contribution >= 4 is 0 Å². The third-order valence-electron chi connectivity index (χ3n) is 4.18. The molecule has 0 spiro atoms. The van der Waals surface area contributed by atoms with Gasteiger partial charge in [0.15, 0.2) is 0 Å². The molecule has 106 valence electrons. The van der Waals surface area contributed by atoms with Crippen LogP contribution in [0.15, 0.2) is 18.2 Å². The van der Waals surface area contributed by atoms with Crippen LogP contribution in [0.25, 0.3) is 0 Å². The van der Waals surface area contributed by atoms with Gasteiger partial charge in [-0.2, -0.15) is 0 Å². The van der Waals surface area contributed by atoms with Crippen LogP contribution >= 0.6 is 0 Å². The van der Waals surface area contributed by atoms with Gasteiger partial charge >= 0.3 is 0 Å². The summed E-state index contributed by atoms with van der Waals surface area (Å²) in [6.45, 7) is 4.12.